The normalized spacial score (nSPS) is 21.9. The molecule has 22 heavy (non-hydrogen) atoms. The number of rotatable bonds is 5. The molecule has 2 heterocycles. The highest BCUT2D eigenvalue weighted by molar-refractivity contribution is 5.41. The minimum Gasteiger partial charge on any atom is -0.391 e. The highest BCUT2D eigenvalue weighted by atomic mass is 16.3. The molecule has 0 aliphatic carbocycles. The van der Waals surface area contributed by atoms with E-state index in [0.29, 0.717) is 0 Å². The zero-order valence-electron chi connectivity index (χ0n) is 13.0. The molecule has 0 bridgehead atoms. The highest BCUT2D eigenvalue weighted by Crippen LogP contribution is 2.26. The van der Waals surface area contributed by atoms with E-state index in [9.17, 15) is 5.11 Å². The van der Waals surface area contributed by atoms with Gasteiger partial charge in [-0.1, -0.05) is 30.3 Å². The molecule has 1 aliphatic rings. The van der Waals surface area contributed by atoms with E-state index >= 15 is 0 Å². The Morgan fingerprint density at radius 1 is 1.23 bits per heavy atom. The van der Waals surface area contributed by atoms with Crippen molar-refractivity contribution < 1.29 is 5.11 Å². The van der Waals surface area contributed by atoms with E-state index in [-0.39, 0.29) is 12.1 Å². The topological polar surface area (TPSA) is 39.6 Å². The van der Waals surface area contributed by atoms with Crippen LogP contribution in [0.1, 0.15) is 18.4 Å². The van der Waals surface area contributed by atoms with Crippen molar-refractivity contribution in [3.05, 3.63) is 60.4 Å². The summed E-state index contributed by atoms with van der Waals surface area (Å²) < 4.78 is 0. The lowest BCUT2D eigenvalue weighted by atomic mass is 10.0. The molecule has 3 rings (SSSR count). The molecule has 2 unspecified atom stereocenters. The lowest BCUT2D eigenvalue weighted by Gasteiger charge is -2.35. The van der Waals surface area contributed by atoms with E-state index in [1.54, 1.807) is 6.20 Å². The van der Waals surface area contributed by atoms with Gasteiger partial charge in [-0.3, -0.25) is 4.98 Å². The van der Waals surface area contributed by atoms with Crippen LogP contribution >= 0.6 is 0 Å². The molecule has 0 spiro atoms. The third-order valence-electron chi connectivity index (χ3n) is 4.46. The number of aliphatic hydroxyl groups excluding tert-OH is 1. The predicted molar refractivity (Wildman–Crippen MR) is 88.5 cm³/mol. The van der Waals surface area contributed by atoms with Gasteiger partial charge in [0.2, 0.25) is 0 Å². The average molecular weight is 297 g/mol. The van der Waals surface area contributed by atoms with Crippen molar-refractivity contribution in [3.8, 4) is 0 Å². The van der Waals surface area contributed by atoms with E-state index in [1.807, 2.05) is 31.4 Å². The monoisotopic (exact) mass is 297 g/mol. The van der Waals surface area contributed by atoms with Crippen molar-refractivity contribution in [1.29, 1.82) is 0 Å². The first-order valence-corrected chi connectivity index (χ1v) is 7.88. The molecule has 0 radical (unpaired) electrons. The second kappa shape index (κ2) is 6.90. The molecule has 1 fully saturated rings. The first kappa shape index (κ1) is 15.0. The molecule has 1 N–H and O–H groups in total. The van der Waals surface area contributed by atoms with E-state index in [1.165, 1.54) is 5.56 Å². The van der Waals surface area contributed by atoms with Crippen molar-refractivity contribution in [2.75, 3.05) is 18.6 Å². The van der Waals surface area contributed by atoms with Crippen LogP contribution < -0.4 is 5.01 Å². The molecule has 116 valence electrons. The molecule has 1 aromatic carbocycles. The van der Waals surface area contributed by atoms with Crippen molar-refractivity contribution in [3.63, 3.8) is 0 Å². The number of anilines is 1. The number of aryl methyl sites for hydroxylation is 1. The van der Waals surface area contributed by atoms with E-state index in [0.717, 1.165) is 31.5 Å². The van der Waals surface area contributed by atoms with Crippen molar-refractivity contribution >= 4 is 5.69 Å². The summed E-state index contributed by atoms with van der Waals surface area (Å²) in [5, 5.41) is 14.7. The van der Waals surface area contributed by atoms with Crippen molar-refractivity contribution in [2.45, 2.75) is 31.4 Å². The van der Waals surface area contributed by atoms with Crippen LogP contribution in [0.3, 0.4) is 0 Å². The smallest absolute Gasteiger partial charge is 0.0726 e. The summed E-state index contributed by atoms with van der Waals surface area (Å²) in [7, 11) is 2.05. The van der Waals surface area contributed by atoms with E-state index < -0.39 is 0 Å². The summed E-state index contributed by atoms with van der Waals surface area (Å²) in [5.74, 6) is 0. The lowest BCUT2D eigenvalue weighted by molar-refractivity contribution is 0.107. The van der Waals surface area contributed by atoms with Crippen LogP contribution in [-0.2, 0) is 6.42 Å². The fourth-order valence-electron chi connectivity index (χ4n) is 3.19. The van der Waals surface area contributed by atoms with Crippen LogP contribution in [0.15, 0.2) is 54.9 Å². The quantitative estimate of drug-likeness (QED) is 0.920. The van der Waals surface area contributed by atoms with Crippen LogP contribution in [0.25, 0.3) is 0 Å². The Hall–Kier alpha value is -1.91. The Morgan fingerprint density at radius 3 is 2.77 bits per heavy atom. The Balaban J connectivity index is 1.68. The van der Waals surface area contributed by atoms with Crippen LogP contribution in [0.4, 0.5) is 5.69 Å². The lowest BCUT2D eigenvalue weighted by Crippen LogP contribution is -2.46. The van der Waals surface area contributed by atoms with Gasteiger partial charge >= 0.3 is 0 Å². The number of hydrogen-bond acceptors (Lipinski definition) is 4. The minimum atomic E-state index is -0.261. The van der Waals surface area contributed by atoms with Gasteiger partial charge in [-0.2, -0.15) is 0 Å². The Kier molecular flexibility index (Phi) is 4.71. The third-order valence-corrected chi connectivity index (χ3v) is 4.46. The zero-order chi connectivity index (χ0) is 15.4. The van der Waals surface area contributed by atoms with Crippen molar-refractivity contribution in [1.82, 2.24) is 9.99 Å². The Bertz CT molecular complexity index is 575. The third kappa shape index (κ3) is 3.29. The fraction of sp³-hybridized carbons (Fsp3) is 0.389. The molecule has 4 heteroatoms. The van der Waals surface area contributed by atoms with E-state index in [2.05, 4.69) is 39.3 Å². The standard InChI is InChI=1S/C18H23N3O/c1-20(16-8-5-12-19-14-16)21-13-11-18(22)17(21)10-9-15-6-3-2-4-7-15/h2-8,12,14,17-18,22H,9-11,13H2,1H3. The molecule has 4 nitrogen and oxygen atoms in total. The summed E-state index contributed by atoms with van der Waals surface area (Å²) in [5.41, 5.74) is 2.38. The first-order chi connectivity index (χ1) is 10.8. The number of aromatic nitrogens is 1. The number of hydrogen-bond donors (Lipinski definition) is 1. The van der Waals surface area contributed by atoms with Gasteiger partial charge in [-0.25, -0.2) is 5.01 Å². The summed E-state index contributed by atoms with van der Waals surface area (Å²) in [4.78, 5) is 4.18. The SMILES string of the molecule is CN(c1cccnc1)N1CCC(O)C1CCc1ccccc1. The van der Waals surface area contributed by atoms with Gasteiger partial charge in [0.05, 0.1) is 24.0 Å². The number of aliphatic hydroxyl groups is 1. The molecule has 2 aromatic rings. The van der Waals surface area contributed by atoms with Gasteiger partial charge in [0.1, 0.15) is 0 Å². The first-order valence-electron chi connectivity index (χ1n) is 7.88. The number of pyridine rings is 1. The predicted octanol–water partition coefficient (Wildman–Crippen LogP) is 2.50. The second-order valence-corrected chi connectivity index (χ2v) is 5.85. The van der Waals surface area contributed by atoms with Gasteiger partial charge in [0.15, 0.2) is 0 Å². The van der Waals surface area contributed by atoms with Gasteiger partial charge in [0.25, 0.3) is 0 Å². The molecular formula is C18H23N3O. The van der Waals surface area contributed by atoms with Crippen molar-refractivity contribution in [2.24, 2.45) is 0 Å². The molecule has 0 amide bonds. The molecule has 1 aromatic heterocycles. The van der Waals surface area contributed by atoms with E-state index in [4.69, 9.17) is 0 Å². The summed E-state index contributed by atoms with van der Waals surface area (Å²) in [6.07, 6.45) is 6.14. The zero-order valence-corrected chi connectivity index (χ0v) is 13.0. The fourth-order valence-corrected chi connectivity index (χ4v) is 3.19. The highest BCUT2D eigenvalue weighted by Gasteiger charge is 2.35. The maximum absolute atomic E-state index is 10.3. The molecule has 0 saturated carbocycles. The van der Waals surface area contributed by atoms with Gasteiger partial charge < -0.3 is 10.1 Å². The molecule has 1 aliphatic heterocycles. The van der Waals surface area contributed by atoms with Crippen LogP contribution in [0.2, 0.25) is 0 Å². The minimum absolute atomic E-state index is 0.158. The Morgan fingerprint density at radius 2 is 2.05 bits per heavy atom. The van der Waals surface area contributed by atoms with Gasteiger partial charge in [0, 0.05) is 19.8 Å². The van der Waals surface area contributed by atoms with Crippen LogP contribution in [0.5, 0.6) is 0 Å². The van der Waals surface area contributed by atoms with Gasteiger partial charge in [-0.05, 0) is 37.0 Å². The second-order valence-electron chi connectivity index (χ2n) is 5.85. The summed E-state index contributed by atoms with van der Waals surface area (Å²) in [6.45, 7) is 0.881. The number of benzene rings is 1. The summed E-state index contributed by atoms with van der Waals surface area (Å²) in [6, 6.07) is 14.6. The maximum Gasteiger partial charge on any atom is 0.0726 e. The maximum atomic E-state index is 10.3. The van der Waals surface area contributed by atoms with Crippen LogP contribution in [-0.4, -0.2) is 40.8 Å². The molecule has 1 saturated heterocycles. The van der Waals surface area contributed by atoms with Crippen LogP contribution in [0, 0.1) is 0 Å². The summed E-state index contributed by atoms with van der Waals surface area (Å²) >= 11 is 0. The molecule has 2 atom stereocenters. The average Bonchev–Trinajstić information content (AvgIpc) is 2.95. The Labute approximate surface area is 132 Å². The number of nitrogens with zero attached hydrogens (tertiary/aromatic N) is 3. The van der Waals surface area contributed by atoms with Gasteiger partial charge in [-0.15, -0.1) is 0 Å². The number of hydrazine groups is 1. The molecular weight excluding hydrogens is 274 g/mol. The largest absolute Gasteiger partial charge is 0.391 e.